The van der Waals surface area contributed by atoms with E-state index in [1.54, 1.807) is 19.4 Å². The molecule has 11 heteroatoms. The van der Waals surface area contributed by atoms with Gasteiger partial charge in [0.1, 0.15) is 11.2 Å². The summed E-state index contributed by atoms with van der Waals surface area (Å²) in [6.07, 6.45) is 4.05. The van der Waals surface area contributed by atoms with E-state index >= 15 is 0 Å². The Hall–Kier alpha value is -3.89. The average molecular weight is 454 g/mol. The molecule has 3 aromatic heterocycles. The minimum atomic E-state index is -0.756. The minimum Gasteiger partial charge on any atom is -0.493 e. The van der Waals surface area contributed by atoms with Crippen LogP contribution < -0.4 is 19.7 Å². The molecule has 0 aliphatic carbocycles. The van der Waals surface area contributed by atoms with Crippen LogP contribution in [0, 0.1) is 0 Å². The Labute approximate surface area is 191 Å². The molecule has 0 aromatic carbocycles. The summed E-state index contributed by atoms with van der Waals surface area (Å²) in [5.74, 6) is 0.969. The second-order valence-electron chi connectivity index (χ2n) is 7.82. The molecule has 11 nitrogen and oxygen atoms in total. The number of anilines is 1. The lowest BCUT2D eigenvalue weighted by Crippen LogP contribution is -2.56. The smallest absolute Gasteiger partial charge is 0.269 e. The van der Waals surface area contributed by atoms with Crippen LogP contribution in [0.1, 0.15) is 24.3 Å². The number of hydrogen-bond acceptors (Lipinski definition) is 8. The number of nitrogens with zero attached hydrogens (tertiary/aromatic N) is 5. The van der Waals surface area contributed by atoms with Gasteiger partial charge < -0.3 is 29.6 Å². The lowest BCUT2D eigenvalue weighted by Gasteiger charge is -2.41. The summed E-state index contributed by atoms with van der Waals surface area (Å²) in [5, 5.41) is 2.51. The number of carbonyl (C=O) groups excluding carboxylic acids is 2. The van der Waals surface area contributed by atoms with E-state index in [2.05, 4.69) is 30.2 Å². The average Bonchev–Trinajstić information content (AvgIpc) is 3.32. The number of methoxy groups -OCH3 is 1. The predicted molar refractivity (Wildman–Crippen MR) is 122 cm³/mol. The molecule has 0 unspecified atom stereocenters. The van der Waals surface area contributed by atoms with E-state index in [-0.39, 0.29) is 23.6 Å². The number of fused-ring (bicyclic) bond motifs is 1. The van der Waals surface area contributed by atoms with Gasteiger partial charge in [-0.1, -0.05) is 0 Å². The van der Waals surface area contributed by atoms with Gasteiger partial charge in [-0.05, 0) is 19.9 Å². The predicted octanol–water partition coefficient (Wildman–Crippen LogP) is 1.23. The second kappa shape index (κ2) is 9.31. The van der Waals surface area contributed by atoms with Crippen LogP contribution in [0.2, 0.25) is 0 Å². The summed E-state index contributed by atoms with van der Waals surface area (Å²) in [7, 11) is 2.99. The zero-order valence-electron chi connectivity index (χ0n) is 19.0. The molecule has 0 spiro atoms. The van der Waals surface area contributed by atoms with Crippen LogP contribution in [0.15, 0.2) is 30.9 Å². The second-order valence-corrected chi connectivity index (χ2v) is 7.82. The molecule has 174 valence electrons. The van der Waals surface area contributed by atoms with Gasteiger partial charge in [0.15, 0.2) is 23.4 Å². The molecule has 4 heterocycles. The Morgan fingerprint density at radius 3 is 2.79 bits per heavy atom. The highest BCUT2D eigenvalue weighted by atomic mass is 16.5. The number of piperazine rings is 1. The van der Waals surface area contributed by atoms with Gasteiger partial charge in [-0.25, -0.2) is 15.0 Å². The van der Waals surface area contributed by atoms with Gasteiger partial charge in [0.25, 0.3) is 11.8 Å². The van der Waals surface area contributed by atoms with E-state index in [0.717, 1.165) is 16.9 Å². The lowest BCUT2D eigenvalue weighted by atomic mass is 10.1. The normalized spacial score (nSPS) is 17.0. The zero-order valence-corrected chi connectivity index (χ0v) is 19.0. The molecule has 2 N–H and O–H groups in total. The fourth-order valence-corrected chi connectivity index (χ4v) is 3.96. The van der Waals surface area contributed by atoms with Crippen molar-refractivity contribution in [3.63, 3.8) is 0 Å². The van der Waals surface area contributed by atoms with Crippen molar-refractivity contribution in [3.8, 4) is 11.5 Å². The van der Waals surface area contributed by atoms with E-state index in [1.165, 1.54) is 26.4 Å². The maximum atomic E-state index is 13.2. The first-order valence-corrected chi connectivity index (χ1v) is 10.7. The Bertz CT molecular complexity index is 1160. The van der Waals surface area contributed by atoms with Gasteiger partial charge in [0, 0.05) is 45.0 Å². The number of H-pyrrole nitrogens is 1. The quantitative estimate of drug-likeness (QED) is 0.571. The number of pyridine rings is 2. The van der Waals surface area contributed by atoms with E-state index in [0.29, 0.717) is 31.1 Å². The largest absolute Gasteiger partial charge is 0.493 e. The van der Waals surface area contributed by atoms with Gasteiger partial charge in [-0.2, -0.15) is 0 Å². The Morgan fingerprint density at radius 1 is 1.24 bits per heavy atom. The minimum absolute atomic E-state index is 0.0519. The van der Waals surface area contributed by atoms with E-state index in [4.69, 9.17) is 9.47 Å². The third kappa shape index (κ3) is 4.38. The number of rotatable bonds is 6. The maximum absolute atomic E-state index is 13.2. The molecule has 1 saturated heterocycles. The highest BCUT2D eigenvalue weighted by Crippen LogP contribution is 2.29. The number of ether oxygens (including phenoxy) is 2. The molecule has 33 heavy (non-hydrogen) atoms. The first-order chi connectivity index (χ1) is 15.9. The molecule has 1 aliphatic rings. The third-order valence-electron chi connectivity index (χ3n) is 5.69. The maximum Gasteiger partial charge on any atom is 0.269 e. The third-order valence-corrected chi connectivity index (χ3v) is 5.69. The number of amides is 2. The summed E-state index contributed by atoms with van der Waals surface area (Å²) >= 11 is 0. The molecule has 2 amide bonds. The van der Waals surface area contributed by atoms with Crippen molar-refractivity contribution in [1.29, 1.82) is 0 Å². The molecule has 1 aliphatic heterocycles. The van der Waals surface area contributed by atoms with Gasteiger partial charge in [-0.3, -0.25) is 9.59 Å². The van der Waals surface area contributed by atoms with Crippen molar-refractivity contribution >= 4 is 28.7 Å². The van der Waals surface area contributed by atoms with Crippen molar-refractivity contribution in [3.05, 3.63) is 36.5 Å². The molecule has 2 atom stereocenters. The molecule has 4 rings (SSSR count). The van der Waals surface area contributed by atoms with Crippen LogP contribution in [-0.4, -0.2) is 82.6 Å². The lowest BCUT2D eigenvalue weighted by molar-refractivity contribution is -0.140. The molecule has 1 fully saturated rings. The van der Waals surface area contributed by atoms with Crippen LogP contribution >= 0.6 is 0 Å². The monoisotopic (exact) mass is 453 g/mol. The molecule has 3 aromatic rings. The number of imidazole rings is 1. The van der Waals surface area contributed by atoms with Crippen LogP contribution in [0.3, 0.4) is 0 Å². The molecule has 0 saturated carbocycles. The van der Waals surface area contributed by atoms with Crippen LogP contribution in [0.4, 0.5) is 5.82 Å². The Morgan fingerprint density at radius 2 is 2.06 bits per heavy atom. The van der Waals surface area contributed by atoms with Gasteiger partial charge in [0.05, 0.1) is 25.2 Å². The summed E-state index contributed by atoms with van der Waals surface area (Å²) in [6, 6.07) is 3.32. The van der Waals surface area contributed by atoms with Crippen LogP contribution in [0.25, 0.3) is 11.0 Å². The number of aromatic amines is 1. The number of carbonyl (C=O) groups is 2. The standard InChI is InChI=1S/C22H27N7O4/c1-13-11-28(20-19-15(5-6-24-20)26-12-27-19)7-8-29(13)22(31)14(2)33-18-10-25-16(21(30)23-3)9-17(18)32-4/h5-6,9-10,12-14H,7-8,11H2,1-4H3,(H,23,30)(H,26,27)/t13-,14+/m1/s1. The SMILES string of the molecule is CNC(=O)c1cc(OC)c(O[C@@H](C)C(=O)N2CCN(c3nccc4[nH]cnc34)C[C@H]2C)cn1. The fourth-order valence-electron chi connectivity index (χ4n) is 3.96. The van der Waals surface area contributed by atoms with Crippen molar-refractivity contribution in [2.24, 2.45) is 0 Å². The molecule has 0 radical (unpaired) electrons. The van der Waals surface area contributed by atoms with E-state index in [1.807, 2.05) is 17.9 Å². The summed E-state index contributed by atoms with van der Waals surface area (Å²) in [6.45, 7) is 5.49. The Balaban J connectivity index is 1.43. The van der Waals surface area contributed by atoms with Crippen molar-refractivity contribution in [1.82, 2.24) is 30.2 Å². The highest BCUT2D eigenvalue weighted by Gasteiger charge is 2.32. The van der Waals surface area contributed by atoms with Crippen molar-refractivity contribution in [2.75, 3.05) is 38.7 Å². The van der Waals surface area contributed by atoms with Crippen LogP contribution in [0.5, 0.6) is 11.5 Å². The van der Waals surface area contributed by atoms with E-state index < -0.39 is 6.10 Å². The van der Waals surface area contributed by atoms with Gasteiger partial charge in [-0.15, -0.1) is 0 Å². The first kappa shape index (κ1) is 22.3. The van der Waals surface area contributed by atoms with Crippen molar-refractivity contribution in [2.45, 2.75) is 26.0 Å². The fraction of sp³-hybridized carbons (Fsp3) is 0.409. The van der Waals surface area contributed by atoms with Crippen LogP contribution in [-0.2, 0) is 4.79 Å². The molecular formula is C22H27N7O4. The number of nitrogens with one attached hydrogen (secondary N) is 2. The number of aromatic nitrogens is 4. The summed E-state index contributed by atoms with van der Waals surface area (Å²) in [5.41, 5.74) is 1.95. The topological polar surface area (TPSA) is 126 Å². The number of hydrogen-bond donors (Lipinski definition) is 2. The summed E-state index contributed by atoms with van der Waals surface area (Å²) < 4.78 is 11.2. The zero-order chi connectivity index (χ0) is 23.5. The van der Waals surface area contributed by atoms with E-state index in [9.17, 15) is 9.59 Å². The highest BCUT2D eigenvalue weighted by molar-refractivity contribution is 5.92. The first-order valence-electron chi connectivity index (χ1n) is 10.7. The molecule has 0 bridgehead atoms. The van der Waals surface area contributed by atoms with Crippen molar-refractivity contribution < 1.29 is 19.1 Å². The summed E-state index contributed by atoms with van der Waals surface area (Å²) in [4.78, 5) is 45.0. The molecular weight excluding hydrogens is 426 g/mol. The van der Waals surface area contributed by atoms with Gasteiger partial charge >= 0.3 is 0 Å². The Kier molecular flexibility index (Phi) is 6.29. The van der Waals surface area contributed by atoms with Gasteiger partial charge in [0.2, 0.25) is 0 Å².